The van der Waals surface area contributed by atoms with Crippen LogP contribution < -0.4 is 10.6 Å². The Labute approximate surface area is 426 Å². The molecule has 0 spiro atoms. The van der Waals surface area contributed by atoms with E-state index in [-0.39, 0.29) is 35.6 Å². The SMILES string of the molecule is CCCCCCCCCCCCCCN(CCC1CCCN1C)C(C(=O)NCCOCCOCCNC(=O)C(C(C)C)N(CCC1CCCN1C)C(=O)CCCCCCCCCCCCC)C(C)C. The fourth-order valence-electron chi connectivity index (χ4n) is 11.1. The lowest BCUT2D eigenvalue weighted by Crippen LogP contribution is -2.53. The van der Waals surface area contributed by atoms with Crippen LogP contribution >= 0.6 is 0 Å². The Hall–Kier alpha value is -1.79. The molecule has 0 bridgehead atoms. The molecule has 2 heterocycles. The summed E-state index contributed by atoms with van der Waals surface area (Å²) >= 11 is 0. The van der Waals surface area contributed by atoms with Crippen molar-refractivity contribution in [3.8, 4) is 0 Å². The van der Waals surface area contributed by atoms with Gasteiger partial charge in [-0.1, -0.05) is 176 Å². The van der Waals surface area contributed by atoms with Crippen molar-refractivity contribution in [3.05, 3.63) is 0 Å². The Kier molecular flexibility index (Phi) is 38.2. The quantitative estimate of drug-likeness (QED) is 0.0581. The molecule has 11 heteroatoms. The van der Waals surface area contributed by atoms with Crippen LogP contribution in [0.1, 0.15) is 234 Å². The maximum atomic E-state index is 13.9. The van der Waals surface area contributed by atoms with Gasteiger partial charge >= 0.3 is 0 Å². The molecule has 4 atom stereocenters. The highest BCUT2D eigenvalue weighted by Gasteiger charge is 2.34. The maximum Gasteiger partial charge on any atom is 0.243 e. The van der Waals surface area contributed by atoms with Crippen LogP contribution in [0.5, 0.6) is 0 Å². The van der Waals surface area contributed by atoms with E-state index >= 15 is 0 Å². The molecule has 0 aliphatic carbocycles. The van der Waals surface area contributed by atoms with Crippen LogP contribution in [-0.4, -0.2) is 148 Å². The smallest absolute Gasteiger partial charge is 0.243 e. The number of nitrogens with zero attached hydrogens (tertiary/aromatic N) is 4. The Balaban J connectivity index is 1.74. The second kappa shape index (κ2) is 41.7. The van der Waals surface area contributed by atoms with Gasteiger partial charge in [0, 0.05) is 44.7 Å². The zero-order chi connectivity index (χ0) is 50.3. The predicted molar refractivity (Wildman–Crippen MR) is 291 cm³/mol. The van der Waals surface area contributed by atoms with E-state index in [2.05, 4.69) is 81.0 Å². The molecule has 11 nitrogen and oxygen atoms in total. The molecule has 2 rings (SSSR count). The van der Waals surface area contributed by atoms with Crippen molar-refractivity contribution in [2.24, 2.45) is 11.8 Å². The normalized spacial score (nSPS) is 17.7. The third-order valence-electron chi connectivity index (χ3n) is 15.4. The number of carbonyl (C=O) groups excluding carboxylic acids is 3. The van der Waals surface area contributed by atoms with E-state index in [0.717, 1.165) is 58.2 Å². The molecular formula is C58H114N6O5. The van der Waals surface area contributed by atoms with E-state index in [1.807, 2.05) is 4.90 Å². The van der Waals surface area contributed by atoms with Crippen LogP contribution in [0, 0.1) is 11.8 Å². The van der Waals surface area contributed by atoms with Crippen molar-refractivity contribution in [1.29, 1.82) is 0 Å². The first-order valence-electron chi connectivity index (χ1n) is 29.7. The number of carbonyl (C=O) groups is 3. The minimum absolute atomic E-state index is 0.000521. The molecule has 2 saturated heterocycles. The molecular weight excluding hydrogens is 861 g/mol. The predicted octanol–water partition coefficient (Wildman–Crippen LogP) is 11.8. The monoisotopic (exact) mass is 975 g/mol. The molecule has 4 unspecified atom stereocenters. The highest BCUT2D eigenvalue weighted by atomic mass is 16.5. The van der Waals surface area contributed by atoms with Gasteiger partial charge in [0.1, 0.15) is 6.04 Å². The highest BCUT2D eigenvalue weighted by Crippen LogP contribution is 2.24. The fraction of sp³-hybridized carbons (Fsp3) is 0.948. The van der Waals surface area contributed by atoms with Crippen LogP contribution in [0.3, 0.4) is 0 Å². The molecule has 0 aromatic carbocycles. The van der Waals surface area contributed by atoms with E-state index < -0.39 is 6.04 Å². The molecule has 2 fully saturated rings. The Morgan fingerprint density at radius 3 is 1.30 bits per heavy atom. The summed E-state index contributed by atoms with van der Waals surface area (Å²) in [6, 6.07) is 0.431. The van der Waals surface area contributed by atoms with E-state index in [1.54, 1.807) is 0 Å². The largest absolute Gasteiger partial charge is 0.377 e. The Morgan fingerprint density at radius 1 is 0.507 bits per heavy atom. The summed E-state index contributed by atoms with van der Waals surface area (Å²) in [5.74, 6) is 0.352. The number of likely N-dealkylation sites (tertiary alicyclic amines) is 2. The minimum atomic E-state index is -0.499. The van der Waals surface area contributed by atoms with Gasteiger partial charge in [-0.25, -0.2) is 0 Å². The van der Waals surface area contributed by atoms with Crippen molar-refractivity contribution < 1.29 is 23.9 Å². The molecule has 2 aliphatic heterocycles. The molecule has 3 amide bonds. The van der Waals surface area contributed by atoms with Crippen molar-refractivity contribution in [1.82, 2.24) is 30.2 Å². The summed E-state index contributed by atoms with van der Waals surface area (Å²) in [7, 11) is 4.43. The first-order chi connectivity index (χ1) is 33.5. The molecule has 406 valence electrons. The third-order valence-corrected chi connectivity index (χ3v) is 15.4. The van der Waals surface area contributed by atoms with Crippen molar-refractivity contribution in [3.63, 3.8) is 0 Å². The number of unbranched alkanes of at least 4 members (excludes halogenated alkanes) is 21. The molecule has 69 heavy (non-hydrogen) atoms. The molecule has 2 aliphatic rings. The van der Waals surface area contributed by atoms with Crippen molar-refractivity contribution >= 4 is 17.7 Å². The zero-order valence-electron chi connectivity index (χ0n) is 46.8. The number of rotatable bonds is 46. The molecule has 0 saturated carbocycles. The van der Waals surface area contributed by atoms with Gasteiger partial charge in [0.05, 0.1) is 32.5 Å². The van der Waals surface area contributed by atoms with Crippen LogP contribution in [0.15, 0.2) is 0 Å². The number of hydrogen-bond donors (Lipinski definition) is 2. The maximum absolute atomic E-state index is 13.9. The van der Waals surface area contributed by atoms with E-state index in [4.69, 9.17) is 9.47 Å². The van der Waals surface area contributed by atoms with Crippen LogP contribution in [0.25, 0.3) is 0 Å². The van der Waals surface area contributed by atoms with Gasteiger partial charge in [0.25, 0.3) is 0 Å². The average Bonchev–Trinajstić information content (AvgIpc) is 3.94. The Bertz CT molecular complexity index is 1250. The van der Waals surface area contributed by atoms with Gasteiger partial charge in [-0.2, -0.15) is 0 Å². The number of nitrogens with one attached hydrogen (secondary N) is 2. The lowest BCUT2D eigenvalue weighted by Gasteiger charge is -2.35. The Morgan fingerprint density at radius 2 is 0.899 bits per heavy atom. The van der Waals surface area contributed by atoms with Crippen LogP contribution in [0.2, 0.25) is 0 Å². The highest BCUT2D eigenvalue weighted by molar-refractivity contribution is 5.88. The van der Waals surface area contributed by atoms with Gasteiger partial charge in [0.15, 0.2) is 0 Å². The van der Waals surface area contributed by atoms with Gasteiger partial charge in [-0.15, -0.1) is 0 Å². The third kappa shape index (κ3) is 29.5. The number of hydrogen-bond acceptors (Lipinski definition) is 8. The summed E-state index contributed by atoms with van der Waals surface area (Å²) in [4.78, 5) is 50.7. The number of ether oxygens (including phenoxy) is 2. The van der Waals surface area contributed by atoms with Crippen molar-refractivity contribution in [2.45, 2.75) is 258 Å². The number of amides is 3. The molecule has 0 radical (unpaired) electrons. The van der Waals surface area contributed by atoms with E-state index in [9.17, 15) is 14.4 Å². The summed E-state index contributed by atoms with van der Waals surface area (Å²) < 4.78 is 11.7. The van der Waals surface area contributed by atoms with Gasteiger partial charge in [-0.05, 0) is 96.9 Å². The molecule has 0 aromatic rings. The van der Waals surface area contributed by atoms with Gasteiger partial charge < -0.3 is 34.8 Å². The first kappa shape index (κ1) is 63.3. The lowest BCUT2D eigenvalue weighted by molar-refractivity contribution is -0.142. The second-order valence-electron chi connectivity index (χ2n) is 22.1. The minimum Gasteiger partial charge on any atom is -0.377 e. The first-order valence-corrected chi connectivity index (χ1v) is 29.7. The second-order valence-corrected chi connectivity index (χ2v) is 22.1. The molecule has 0 aromatic heterocycles. The topological polar surface area (TPSA) is 107 Å². The van der Waals surface area contributed by atoms with Crippen LogP contribution in [-0.2, 0) is 23.9 Å². The van der Waals surface area contributed by atoms with Gasteiger partial charge in [0.2, 0.25) is 17.7 Å². The fourth-order valence-corrected chi connectivity index (χ4v) is 11.1. The summed E-state index contributed by atoms with van der Waals surface area (Å²) in [5.41, 5.74) is 0. The summed E-state index contributed by atoms with van der Waals surface area (Å²) in [6.07, 6.45) is 37.2. The van der Waals surface area contributed by atoms with E-state index in [0.29, 0.717) is 64.6 Å². The van der Waals surface area contributed by atoms with Crippen LogP contribution in [0.4, 0.5) is 0 Å². The average molecular weight is 976 g/mol. The summed E-state index contributed by atoms with van der Waals surface area (Å²) in [6.45, 7) is 20.4. The lowest BCUT2D eigenvalue weighted by atomic mass is 9.99. The molecule has 2 N–H and O–H groups in total. The standard InChI is InChI=1S/C58H114N6O5/c1-9-11-13-15-17-19-21-23-25-27-29-31-43-63(44-37-52-34-32-41-61(52)7)55(50(3)4)57(66)59-39-46-68-48-49-69-47-40-60-58(67)56(51(5)6)64(45-38-53-35-33-42-62(53)8)54(65)36-30-28-26-24-22-20-18-16-14-12-10-2/h50-53,55-56H,9-49H2,1-8H3,(H,59,66)(H,60,67). The van der Waals surface area contributed by atoms with E-state index in [1.165, 1.54) is 154 Å². The zero-order valence-corrected chi connectivity index (χ0v) is 46.8. The van der Waals surface area contributed by atoms with Gasteiger partial charge in [-0.3, -0.25) is 19.3 Å². The van der Waals surface area contributed by atoms with Crippen molar-refractivity contribution in [2.75, 3.05) is 86.3 Å². The summed E-state index contributed by atoms with van der Waals surface area (Å²) in [5, 5.41) is 6.31.